The number of hydrogen-bond donors (Lipinski definition) is 6. The number of anilines is 3. The molecule has 2 atom stereocenters. The second-order valence-electron chi connectivity index (χ2n) is 31.0. The number of benzene rings is 3. The maximum atomic E-state index is 13.2. The van der Waals surface area contributed by atoms with Crippen molar-refractivity contribution in [3.63, 3.8) is 0 Å². The number of carbonyl (C=O) groups excluding carboxylic acids is 6. The van der Waals surface area contributed by atoms with Crippen LogP contribution in [-0.2, 0) is 39.5 Å². The molecule has 0 bridgehead atoms. The van der Waals surface area contributed by atoms with Gasteiger partial charge in [0.25, 0.3) is 35.4 Å². The van der Waals surface area contributed by atoms with E-state index < -0.39 is 65.0 Å². The number of amides is 6. The molecule has 27 nitrogen and oxygen atoms in total. The van der Waals surface area contributed by atoms with Gasteiger partial charge in [0.1, 0.15) is 51.2 Å². The Hall–Kier alpha value is -12.8. The summed E-state index contributed by atoms with van der Waals surface area (Å²) < 4.78 is 128. The van der Waals surface area contributed by atoms with E-state index in [4.69, 9.17) is 34.4 Å². The first-order valence-corrected chi connectivity index (χ1v) is 37.6. The van der Waals surface area contributed by atoms with Gasteiger partial charge >= 0.3 is 18.5 Å². The van der Waals surface area contributed by atoms with E-state index in [-0.39, 0.29) is 110 Å². The molecular formula is C81H84F9N21O6. The van der Waals surface area contributed by atoms with Gasteiger partial charge in [-0.25, -0.2) is 14.0 Å². The molecule has 12 N–H and O–H groups in total. The van der Waals surface area contributed by atoms with E-state index in [1.807, 2.05) is 0 Å². The quantitative estimate of drug-likeness (QED) is 0.0410. The molecule has 3 saturated carbocycles. The Kier molecular flexibility index (Phi) is 22.1. The van der Waals surface area contributed by atoms with E-state index in [9.17, 15) is 68.3 Å². The van der Waals surface area contributed by atoms with Crippen LogP contribution in [0.1, 0.15) is 193 Å². The van der Waals surface area contributed by atoms with Crippen molar-refractivity contribution in [2.45, 2.75) is 155 Å². The van der Waals surface area contributed by atoms with Crippen LogP contribution in [0.4, 0.5) is 57.0 Å². The van der Waals surface area contributed by atoms with Crippen molar-refractivity contribution in [3.8, 4) is 69.3 Å². The molecular weight excluding hydrogens is 1530 g/mol. The zero-order chi connectivity index (χ0) is 84.3. The zero-order valence-electron chi connectivity index (χ0n) is 64.5. The monoisotopic (exact) mass is 1620 g/mol. The molecule has 3 aliphatic carbocycles. The third kappa shape index (κ3) is 16.5. The van der Waals surface area contributed by atoms with Crippen LogP contribution in [0, 0.1) is 58.7 Å². The number of rotatable bonds is 15. The molecule has 6 aromatic heterocycles. The highest BCUT2D eigenvalue weighted by atomic mass is 19.4. The summed E-state index contributed by atoms with van der Waals surface area (Å²) >= 11 is 0. The molecule has 612 valence electrons. The van der Waals surface area contributed by atoms with Crippen molar-refractivity contribution in [3.05, 3.63) is 160 Å². The number of aromatic nitrogens is 12. The van der Waals surface area contributed by atoms with Gasteiger partial charge in [0.2, 0.25) is 0 Å². The van der Waals surface area contributed by atoms with Crippen LogP contribution in [0.3, 0.4) is 0 Å². The first-order chi connectivity index (χ1) is 55.2. The Morgan fingerprint density at radius 2 is 0.812 bits per heavy atom. The number of nitrogen functional groups attached to an aromatic ring is 3. The smallest absolute Gasteiger partial charge is 0.383 e. The summed E-state index contributed by atoms with van der Waals surface area (Å²) in [5, 5.41) is 27.0. The van der Waals surface area contributed by atoms with Crippen molar-refractivity contribution in [2.24, 2.45) is 33.4 Å². The van der Waals surface area contributed by atoms with E-state index >= 15 is 0 Å². The van der Waals surface area contributed by atoms with Crippen molar-refractivity contribution in [1.82, 2.24) is 73.4 Å². The number of aryl methyl sites for hydroxylation is 1. The van der Waals surface area contributed by atoms with Crippen molar-refractivity contribution in [2.75, 3.05) is 56.5 Å². The fourth-order valence-electron chi connectivity index (χ4n) is 17.2. The summed E-state index contributed by atoms with van der Waals surface area (Å²) in [6, 6.07) is 13.9. The van der Waals surface area contributed by atoms with Crippen LogP contribution in [0.5, 0.6) is 0 Å². The predicted octanol–water partition coefficient (Wildman–Crippen LogP) is 10.6. The summed E-state index contributed by atoms with van der Waals surface area (Å²) in [5.74, 6) is 13.4. The lowest BCUT2D eigenvalue weighted by atomic mass is 9.65. The van der Waals surface area contributed by atoms with E-state index in [1.54, 1.807) is 107 Å². The summed E-state index contributed by atoms with van der Waals surface area (Å²) in [6.07, 6.45) is 1.50. The Morgan fingerprint density at radius 3 is 1.15 bits per heavy atom. The van der Waals surface area contributed by atoms with Gasteiger partial charge in [0, 0.05) is 74.5 Å². The average Bonchev–Trinajstić information content (AvgIpc) is 1.62. The highest BCUT2D eigenvalue weighted by molar-refractivity contribution is 6.05. The van der Waals surface area contributed by atoms with Crippen LogP contribution in [-0.4, -0.2) is 148 Å². The van der Waals surface area contributed by atoms with E-state index in [0.717, 1.165) is 94.2 Å². The highest BCUT2D eigenvalue weighted by Gasteiger charge is 2.54. The molecule has 0 unspecified atom stereocenters. The van der Waals surface area contributed by atoms with E-state index in [2.05, 4.69) is 66.1 Å². The Labute approximate surface area is 665 Å². The van der Waals surface area contributed by atoms with Crippen molar-refractivity contribution >= 4 is 52.9 Å². The number of carbonyl (C=O) groups is 6. The molecule has 6 fully saturated rings. The molecule has 3 aromatic carbocycles. The molecule has 9 heterocycles. The zero-order valence-corrected chi connectivity index (χ0v) is 64.5. The Bertz CT molecular complexity index is 5380. The van der Waals surface area contributed by atoms with E-state index in [0.29, 0.717) is 78.3 Å². The summed E-state index contributed by atoms with van der Waals surface area (Å²) in [5.41, 5.74) is 38.1. The van der Waals surface area contributed by atoms with E-state index in [1.165, 1.54) is 44.6 Å². The molecule has 36 heteroatoms. The molecule has 15 rings (SSSR count). The SMILES string of the molecule is CC#CC(=O)N1CCC2(CC(n3nc(-c4cn(Cc5cccc(C(F)(F)F)c5)nc4C)c(C(N)=O)c3N)C2)C1.CC#CC(=O)N1CCC2(CC(n3nc(-c4cnn([C@@H](C)c5cccc(C(F)(F)F)c5)c4)c(C(N)=O)c3N)C2)C1.CC#CC(=O)N1CCC2(CC(n3nc(-c4cnn([C@H](C)c5cccc(C(F)(F)F)c5)c4)c(C(N)=O)c3N)C2)C1. The molecule has 9 aromatic rings. The minimum Gasteiger partial charge on any atom is -0.383 e. The number of primary amides is 3. The maximum absolute atomic E-state index is 13.2. The average molecular weight is 1620 g/mol. The second kappa shape index (κ2) is 31.4. The van der Waals surface area contributed by atoms with Crippen LogP contribution in [0.2, 0.25) is 0 Å². The molecule has 3 spiro atoms. The molecule has 3 aliphatic heterocycles. The fourth-order valence-corrected chi connectivity index (χ4v) is 17.2. The Balaban J connectivity index is 0.000000152. The van der Waals surface area contributed by atoms with Gasteiger partial charge in [-0.3, -0.25) is 42.8 Å². The summed E-state index contributed by atoms with van der Waals surface area (Å²) in [7, 11) is 0. The van der Waals surface area contributed by atoms with Gasteiger partial charge < -0.3 is 49.1 Å². The predicted molar refractivity (Wildman–Crippen MR) is 411 cm³/mol. The van der Waals surface area contributed by atoms with Gasteiger partial charge in [-0.15, -0.1) is 0 Å². The van der Waals surface area contributed by atoms with Gasteiger partial charge in [0.15, 0.2) is 0 Å². The minimum atomic E-state index is -4.46. The largest absolute Gasteiger partial charge is 0.416 e. The van der Waals surface area contributed by atoms with Crippen LogP contribution in [0.25, 0.3) is 33.8 Å². The number of hydrogen-bond acceptors (Lipinski definition) is 15. The van der Waals surface area contributed by atoms with Gasteiger partial charge in [-0.2, -0.15) is 70.1 Å². The molecule has 6 aliphatic rings. The van der Waals surface area contributed by atoms with Crippen LogP contribution < -0.4 is 34.4 Å². The normalized spacial score (nSPS) is 21.1. The summed E-state index contributed by atoms with van der Waals surface area (Å²) in [4.78, 5) is 79.0. The van der Waals surface area contributed by atoms with Crippen LogP contribution >= 0.6 is 0 Å². The minimum absolute atomic E-state index is 0.0348. The number of nitrogens with zero attached hydrogens (tertiary/aromatic N) is 15. The lowest BCUT2D eigenvalue weighted by Gasteiger charge is -2.45. The molecule has 0 radical (unpaired) electrons. The number of alkyl halides is 9. The maximum Gasteiger partial charge on any atom is 0.416 e. The lowest BCUT2D eigenvalue weighted by molar-refractivity contribution is -0.138. The van der Waals surface area contributed by atoms with Crippen molar-refractivity contribution < 1.29 is 68.3 Å². The van der Waals surface area contributed by atoms with Crippen LogP contribution in [0.15, 0.2) is 104 Å². The first-order valence-electron chi connectivity index (χ1n) is 37.6. The topological polar surface area (TPSA) is 375 Å². The summed E-state index contributed by atoms with van der Waals surface area (Å²) in [6.45, 7) is 14.0. The lowest BCUT2D eigenvalue weighted by Crippen LogP contribution is -2.42. The first kappa shape index (κ1) is 82.2. The van der Waals surface area contributed by atoms with Gasteiger partial charge in [0.05, 0.1) is 71.5 Å². The Morgan fingerprint density at radius 1 is 0.479 bits per heavy atom. The molecule has 117 heavy (non-hydrogen) atoms. The number of halogens is 9. The van der Waals surface area contributed by atoms with Gasteiger partial charge in [-0.1, -0.05) is 54.2 Å². The van der Waals surface area contributed by atoms with Crippen molar-refractivity contribution in [1.29, 1.82) is 0 Å². The standard InChI is InChI=1S/3C27H28F3N7O2/c2*1-3-5-21(38)35-9-8-26(15-35)11-20(12-26)37-24(31)22(25(32)39)23(34-37)18-13-33-36(14-18)16(2)17-6-4-7-19(10-17)27(28,29)30;1-3-5-21(38)35-9-8-26(15-35)11-19(12-26)37-24(31)22(25(32)39)23(34-37)20-14-36(33-16(20)2)13-17-6-4-7-18(10-17)27(28,29)30/h2*4,6-7,10,13-14,16,20H,8-9,11-12,15,31H2,1-2H3,(H2,32,39);4,6-7,10,14,19H,8-9,11-13,15,31H2,1-2H3,(H2,32,39)/t2*16-,20?,26?;/m10./s1. The fraction of sp³-hybridized carbons (Fsp3) is 0.407. The second-order valence-corrected chi connectivity index (χ2v) is 31.0. The molecule has 6 amide bonds. The highest BCUT2D eigenvalue weighted by Crippen LogP contribution is 2.58. The third-order valence-corrected chi connectivity index (χ3v) is 23.2. The number of nitrogens with two attached hydrogens (primary N) is 6. The van der Waals surface area contributed by atoms with Gasteiger partial charge in [-0.05, 0) is 186 Å². The number of likely N-dealkylation sites (tertiary alicyclic amines) is 3. The molecule has 3 saturated heterocycles. The third-order valence-electron chi connectivity index (χ3n) is 23.2.